The lowest BCUT2D eigenvalue weighted by molar-refractivity contribution is -0.137. The summed E-state index contributed by atoms with van der Waals surface area (Å²) in [5, 5.41) is 0. The quantitative estimate of drug-likeness (QED) is 0.801. The molecule has 1 aromatic rings. The number of amides is 3. The molecule has 0 saturated carbocycles. The van der Waals surface area contributed by atoms with Crippen molar-refractivity contribution in [2.75, 3.05) is 31.6 Å². The topological polar surface area (TPSA) is 59.5 Å². The zero-order valence-corrected chi connectivity index (χ0v) is 17.3. The van der Waals surface area contributed by atoms with Gasteiger partial charge in [-0.05, 0) is 43.4 Å². The lowest BCUT2D eigenvalue weighted by Gasteiger charge is -2.40. The van der Waals surface area contributed by atoms with Gasteiger partial charge in [0, 0.05) is 32.4 Å². The minimum atomic E-state index is -0.446. The molecule has 2 fully saturated rings. The SMILES string of the molecule is Cc1ccc(C)c(N2CCN3C2=NC2C3C(=O)N(CCC(C)C)C(=O)N2C)c1. The Morgan fingerprint density at radius 1 is 1.18 bits per heavy atom. The van der Waals surface area contributed by atoms with E-state index in [0.29, 0.717) is 12.5 Å². The molecule has 28 heavy (non-hydrogen) atoms. The molecule has 3 heterocycles. The Bertz CT molecular complexity index is 849. The van der Waals surface area contributed by atoms with E-state index in [9.17, 15) is 9.59 Å². The average Bonchev–Trinajstić information content (AvgIpc) is 3.21. The molecule has 0 N–H and O–H groups in total. The van der Waals surface area contributed by atoms with Gasteiger partial charge >= 0.3 is 6.03 Å². The van der Waals surface area contributed by atoms with E-state index in [1.54, 1.807) is 11.9 Å². The number of imide groups is 1. The van der Waals surface area contributed by atoms with Crippen LogP contribution in [0.25, 0.3) is 0 Å². The summed E-state index contributed by atoms with van der Waals surface area (Å²) in [5.74, 6) is 1.13. The van der Waals surface area contributed by atoms with Crippen LogP contribution in [0.1, 0.15) is 31.4 Å². The van der Waals surface area contributed by atoms with Crippen molar-refractivity contribution in [3.05, 3.63) is 29.3 Å². The molecule has 4 rings (SSSR count). The molecule has 7 heteroatoms. The number of nitrogens with zero attached hydrogens (tertiary/aromatic N) is 5. The molecule has 150 valence electrons. The van der Waals surface area contributed by atoms with Crippen molar-refractivity contribution in [3.8, 4) is 0 Å². The number of hydrogen-bond donors (Lipinski definition) is 0. The van der Waals surface area contributed by atoms with E-state index in [1.165, 1.54) is 16.0 Å². The third kappa shape index (κ3) is 2.84. The minimum absolute atomic E-state index is 0.115. The van der Waals surface area contributed by atoms with E-state index >= 15 is 0 Å². The van der Waals surface area contributed by atoms with Crippen LogP contribution in [0.15, 0.2) is 23.2 Å². The Labute approximate surface area is 166 Å². The number of anilines is 1. The maximum Gasteiger partial charge on any atom is 0.328 e. The van der Waals surface area contributed by atoms with Crippen LogP contribution in [0.2, 0.25) is 0 Å². The van der Waals surface area contributed by atoms with E-state index in [1.807, 2.05) is 0 Å². The Hall–Kier alpha value is -2.57. The lowest BCUT2D eigenvalue weighted by atomic mass is 10.1. The number of urea groups is 1. The van der Waals surface area contributed by atoms with Gasteiger partial charge in [0.15, 0.2) is 12.2 Å². The summed E-state index contributed by atoms with van der Waals surface area (Å²) in [6, 6.07) is 5.72. The summed E-state index contributed by atoms with van der Waals surface area (Å²) in [5.41, 5.74) is 3.50. The second-order valence-electron chi connectivity index (χ2n) is 8.49. The smallest absolute Gasteiger partial charge is 0.325 e. The van der Waals surface area contributed by atoms with E-state index < -0.39 is 12.2 Å². The Morgan fingerprint density at radius 2 is 1.93 bits per heavy atom. The third-order valence-electron chi connectivity index (χ3n) is 5.96. The summed E-state index contributed by atoms with van der Waals surface area (Å²) in [6.07, 6.45) is 0.364. The second-order valence-corrected chi connectivity index (χ2v) is 8.49. The first-order valence-corrected chi connectivity index (χ1v) is 10.1. The average molecular weight is 383 g/mol. The van der Waals surface area contributed by atoms with Crippen molar-refractivity contribution < 1.29 is 9.59 Å². The molecule has 0 aliphatic carbocycles. The highest BCUT2D eigenvalue weighted by Crippen LogP contribution is 2.34. The first-order valence-electron chi connectivity index (χ1n) is 10.1. The van der Waals surface area contributed by atoms with Crippen molar-refractivity contribution in [1.82, 2.24) is 14.7 Å². The van der Waals surface area contributed by atoms with Crippen LogP contribution in [0.3, 0.4) is 0 Å². The normalized spacial score (nSPS) is 24.3. The van der Waals surface area contributed by atoms with Crippen LogP contribution in [0.5, 0.6) is 0 Å². The fraction of sp³-hybridized carbons (Fsp3) is 0.571. The highest BCUT2D eigenvalue weighted by molar-refractivity contribution is 6.08. The van der Waals surface area contributed by atoms with Gasteiger partial charge in [0.2, 0.25) is 5.96 Å². The number of carbonyl (C=O) groups excluding carboxylic acids is 2. The fourth-order valence-corrected chi connectivity index (χ4v) is 4.27. The number of guanidine groups is 1. The van der Waals surface area contributed by atoms with E-state index in [0.717, 1.165) is 31.2 Å². The zero-order chi connectivity index (χ0) is 20.2. The number of rotatable bonds is 4. The van der Waals surface area contributed by atoms with Gasteiger partial charge < -0.3 is 14.7 Å². The van der Waals surface area contributed by atoms with Gasteiger partial charge in [-0.2, -0.15) is 0 Å². The van der Waals surface area contributed by atoms with Crippen LogP contribution in [-0.4, -0.2) is 71.5 Å². The van der Waals surface area contributed by atoms with E-state index in [-0.39, 0.29) is 11.9 Å². The maximum absolute atomic E-state index is 13.2. The summed E-state index contributed by atoms with van der Waals surface area (Å²) >= 11 is 0. The number of aryl methyl sites for hydroxylation is 2. The molecular weight excluding hydrogens is 354 g/mol. The number of carbonyl (C=O) groups is 2. The number of likely N-dealkylation sites (N-methyl/N-ethyl adjacent to an activating group) is 1. The Morgan fingerprint density at radius 3 is 2.64 bits per heavy atom. The molecule has 2 atom stereocenters. The van der Waals surface area contributed by atoms with Gasteiger partial charge in [-0.3, -0.25) is 9.69 Å². The minimum Gasteiger partial charge on any atom is -0.325 e. The third-order valence-corrected chi connectivity index (χ3v) is 5.96. The van der Waals surface area contributed by atoms with Crippen LogP contribution in [0.4, 0.5) is 10.5 Å². The van der Waals surface area contributed by atoms with Crippen molar-refractivity contribution >= 4 is 23.6 Å². The maximum atomic E-state index is 13.2. The number of fused-ring (bicyclic) bond motifs is 3. The van der Waals surface area contributed by atoms with Gasteiger partial charge in [0.05, 0.1) is 0 Å². The van der Waals surface area contributed by atoms with Gasteiger partial charge in [-0.15, -0.1) is 0 Å². The molecule has 3 aliphatic heterocycles. The monoisotopic (exact) mass is 383 g/mol. The molecule has 2 unspecified atom stereocenters. The standard InChI is InChI=1S/C21H29N5O2/c1-13(2)8-9-26-19(27)17-18(23(5)21(26)28)22-20-24(10-11-25(17)20)16-12-14(3)6-7-15(16)4/h6-7,12-13,17-18H,8-11H2,1-5H3. The largest absolute Gasteiger partial charge is 0.328 e. The van der Waals surface area contributed by atoms with Crippen molar-refractivity contribution in [3.63, 3.8) is 0 Å². The second kappa shape index (κ2) is 6.79. The first-order chi connectivity index (χ1) is 13.3. The Balaban J connectivity index is 1.64. The Kier molecular flexibility index (Phi) is 4.56. The molecule has 0 bridgehead atoms. The number of aliphatic imine (C=N–C) groups is 1. The molecule has 1 aromatic carbocycles. The van der Waals surface area contributed by atoms with Gasteiger partial charge in [-0.25, -0.2) is 9.79 Å². The lowest BCUT2D eigenvalue weighted by Crippen LogP contribution is -2.64. The predicted molar refractivity (Wildman–Crippen MR) is 109 cm³/mol. The number of hydrogen-bond acceptors (Lipinski definition) is 5. The van der Waals surface area contributed by atoms with Crippen LogP contribution in [0, 0.1) is 19.8 Å². The van der Waals surface area contributed by atoms with Crippen molar-refractivity contribution in [2.24, 2.45) is 10.9 Å². The molecule has 2 saturated heterocycles. The van der Waals surface area contributed by atoms with E-state index in [2.05, 4.69) is 55.7 Å². The predicted octanol–water partition coefficient (Wildman–Crippen LogP) is 2.43. The molecule has 3 amide bonds. The summed E-state index contributed by atoms with van der Waals surface area (Å²) in [7, 11) is 1.75. The first kappa shape index (κ1) is 18.8. The highest BCUT2D eigenvalue weighted by atomic mass is 16.2. The van der Waals surface area contributed by atoms with Crippen molar-refractivity contribution in [2.45, 2.75) is 46.3 Å². The molecule has 0 spiro atoms. The summed E-state index contributed by atoms with van der Waals surface area (Å²) < 4.78 is 0. The molecule has 3 aliphatic rings. The van der Waals surface area contributed by atoms with Gasteiger partial charge in [0.1, 0.15) is 0 Å². The molecule has 0 radical (unpaired) electrons. The fourth-order valence-electron chi connectivity index (χ4n) is 4.27. The molecule has 0 aromatic heterocycles. The van der Waals surface area contributed by atoms with Crippen LogP contribution < -0.4 is 4.90 Å². The molecular formula is C21H29N5O2. The summed E-state index contributed by atoms with van der Waals surface area (Å²) in [4.78, 5) is 38.2. The highest BCUT2D eigenvalue weighted by Gasteiger charge is 2.54. The zero-order valence-electron chi connectivity index (χ0n) is 17.3. The number of benzene rings is 1. The van der Waals surface area contributed by atoms with Crippen molar-refractivity contribution in [1.29, 1.82) is 0 Å². The molecule has 7 nitrogen and oxygen atoms in total. The van der Waals surface area contributed by atoms with Gasteiger partial charge in [0.25, 0.3) is 5.91 Å². The summed E-state index contributed by atoms with van der Waals surface area (Å²) in [6.45, 7) is 10.4. The van der Waals surface area contributed by atoms with Gasteiger partial charge in [-0.1, -0.05) is 26.0 Å². The van der Waals surface area contributed by atoms with Crippen LogP contribution >= 0.6 is 0 Å². The van der Waals surface area contributed by atoms with Crippen LogP contribution in [-0.2, 0) is 4.79 Å². The van der Waals surface area contributed by atoms with E-state index in [4.69, 9.17) is 4.99 Å².